The molecule has 1 atom stereocenters. The van der Waals surface area contributed by atoms with Crippen LogP contribution in [0.5, 0.6) is 11.5 Å². The number of carbonyl (C=O) groups excluding carboxylic acids is 1. The Bertz CT molecular complexity index is 1070. The number of halogens is 1. The average Bonchev–Trinajstić information content (AvgIpc) is 3.42. The summed E-state index contributed by atoms with van der Waals surface area (Å²) in [5, 5.41) is 3.99. The molecule has 4 rings (SSSR count). The van der Waals surface area contributed by atoms with Gasteiger partial charge in [0.15, 0.2) is 11.5 Å². The first-order valence-electron chi connectivity index (χ1n) is 10.8. The lowest BCUT2D eigenvalue weighted by Gasteiger charge is -2.17. The largest absolute Gasteiger partial charge is 0.490 e. The molecule has 3 aromatic rings. The molecule has 7 nitrogen and oxygen atoms in total. The van der Waals surface area contributed by atoms with Crippen molar-refractivity contribution >= 4 is 5.91 Å². The number of likely N-dealkylation sites (tertiary alicyclic amines) is 1. The van der Waals surface area contributed by atoms with Crippen LogP contribution in [0.15, 0.2) is 47.0 Å². The van der Waals surface area contributed by atoms with Crippen LogP contribution in [0.2, 0.25) is 0 Å². The van der Waals surface area contributed by atoms with Crippen LogP contribution >= 0.6 is 0 Å². The van der Waals surface area contributed by atoms with E-state index in [1.807, 2.05) is 36.9 Å². The van der Waals surface area contributed by atoms with Gasteiger partial charge in [0.1, 0.15) is 5.82 Å². The maximum atomic E-state index is 13.1. The minimum Gasteiger partial charge on any atom is -0.490 e. The topological polar surface area (TPSA) is 77.7 Å². The molecule has 2 heterocycles. The van der Waals surface area contributed by atoms with Gasteiger partial charge in [-0.25, -0.2) is 4.39 Å². The Labute approximate surface area is 186 Å². The standard InChI is InChI=1S/C24H26FN3O4/c1-3-30-20-10-5-16(13-21(20)31-4-2)11-12-28-15-18(14-22(28)29)24-26-23(27-32-24)17-6-8-19(25)9-7-17/h5-10,13,18H,3-4,11-12,14-15H2,1-2H3. The molecular weight excluding hydrogens is 413 g/mol. The Balaban J connectivity index is 1.38. The quantitative estimate of drug-likeness (QED) is 0.497. The van der Waals surface area contributed by atoms with E-state index in [-0.39, 0.29) is 17.6 Å². The molecule has 168 valence electrons. The molecule has 0 aliphatic carbocycles. The highest BCUT2D eigenvalue weighted by molar-refractivity contribution is 5.79. The third kappa shape index (κ3) is 4.90. The van der Waals surface area contributed by atoms with Crippen LogP contribution in [0.25, 0.3) is 11.4 Å². The molecule has 0 N–H and O–H groups in total. The number of nitrogens with zero attached hydrogens (tertiary/aromatic N) is 3. The first-order valence-corrected chi connectivity index (χ1v) is 10.8. The summed E-state index contributed by atoms with van der Waals surface area (Å²) in [6, 6.07) is 11.8. The maximum Gasteiger partial charge on any atom is 0.232 e. The van der Waals surface area contributed by atoms with Crippen molar-refractivity contribution in [3.8, 4) is 22.9 Å². The van der Waals surface area contributed by atoms with E-state index in [4.69, 9.17) is 14.0 Å². The van der Waals surface area contributed by atoms with Crippen molar-refractivity contribution in [2.24, 2.45) is 0 Å². The fourth-order valence-corrected chi connectivity index (χ4v) is 3.79. The van der Waals surface area contributed by atoms with E-state index >= 15 is 0 Å². The molecule has 0 spiro atoms. The van der Waals surface area contributed by atoms with Crippen LogP contribution in [0.4, 0.5) is 4.39 Å². The van der Waals surface area contributed by atoms with Crippen molar-refractivity contribution < 1.29 is 23.2 Å². The van der Waals surface area contributed by atoms with Crippen molar-refractivity contribution in [2.45, 2.75) is 32.6 Å². The Morgan fingerprint density at radius 2 is 1.84 bits per heavy atom. The Hall–Kier alpha value is -3.42. The number of hydrogen-bond donors (Lipinski definition) is 0. The SMILES string of the molecule is CCOc1ccc(CCN2CC(c3nc(-c4ccc(F)cc4)no3)CC2=O)cc1OCC. The number of carbonyl (C=O) groups is 1. The second kappa shape index (κ2) is 9.80. The number of ether oxygens (including phenoxy) is 2. The zero-order valence-electron chi connectivity index (χ0n) is 18.2. The van der Waals surface area contributed by atoms with Crippen LogP contribution in [0.1, 0.15) is 37.6 Å². The van der Waals surface area contributed by atoms with Crippen LogP contribution in [0.3, 0.4) is 0 Å². The molecule has 1 aliphatic heterocycles. The van der Waals surface area contributed by atoms with E-state index in [2.05, 4.69) is 10.1 Å². The highest BCUT2D eigenvalue weighted by Gasteiger charge is 2.34. The predicted molar refractivity (Wildman–Crippen MR) is 116 cm³/mol. The summed E-state index contributed by atoms with van der Waals surface area (Å²) in [5.74, 6) is 1.86. The van der Waals surface area contributed by atoms with E-state index in [9.17, 15) is 9.18 Å². The fraction of sp³-hybridized carbons (Fsp3) is 0.375. The Morgan fingerprint density at radius 1 is 1.09 bits per heavy atom. The lowest BCUT2D eigenvalue weighted by atomic mass is 10.1. The average molecular weight is 439 g/mol. The molecule has 2 aromatic carbocycles. The second-order valence-electron chi connectivity index (χ2n) is 7.60. The van der Waals surface area contributed by atoms with Crippen LogP contribution in [-0.2, 0) is 11.2 Å². The third-order valence-corrected chi connectivity index (χ3v) is 5.39. The van der Waals surface area contributed by atoms with Crippen LogP contribution in [-0.4, -0.2) is 47.3 Å². The van der Waals surface area contributed by atoms with Gasteiger partial charge in [-0.1, -0.05) is 11.2 Å². The molecule has 32 heavy (non-hydrogen) atoms. The summed E-state index contributed by atoms with van der Waals surface area (Å²) in [6.07, 6.45) is 1.04. The van der Waals surface area contributed by atoms with E-state index in [0.29, 0.717) is 56.4 Å². The number of amides is 1. The highest BCUT2D eigenvalue weighted by Crippen LogP contribution is 2.31. The minimum absolute atomic E-state index is 0.0625. The van der Waals surface area contributed by atoms with Gasteiger partial charge in [-0.2, -0.15) is 4.98 Å². The van der Waals surface area contributed by atoms with Gasteiger partial charge in [-0.3, -0.25) is 4.79 Å². The predicted octanol–water partition coefficient (Wildman–Crippen LogP) is 4.23. The molecule has 1 fully saturated rings. The Morgan fingerprint density at radius 3 is 2.59 bits per heavy atom. The molecule has 1 saturated heterocycles. The van der Waals surface area contributed by atoms with E-state index in [1.165, 1.54) is 12.1 Å². The summed E-state index contributed by atoms with van der Waals surface area (Å²) in [7, 11) is 0. The second-order valence-corrected chi connectivity index (χ2v) is 7.60. The van der Waals surface area contributed by atoms with Gasteiger partial charge in [-0.15, -0.1) is 0 Å². The molecule has 8 heteroatoms. The number of hydrogen-bond acceptors (Lipinski definition) is 6. The first kappa shape index (κ1) is 21.8. The summed E-state index contributed by atoms with van der Waals surface area (Å²) in [5.41, 5.74) is 1.74. The molecule has 1 amide bonds. The maximum absolute atomic E-state index is 13.1. The smallest absolute Gasteiger partial charge is 0.232 e. The van der Waals surface area contributed by atoms with Gasteiger partial charge in [-0.05, 0) is 62.2 Å². The van der Waals surface area contributed by atoms with Crippen molar-refractivity contribution in [1.29, 1.82) is 0 Å². The molecule has 1 unspecified atom stereocenters. The summed E-state index contributed by atoms with van der Waals surface area (Å²) < 4.78 is 29.8. The van der Waals surface area contributed by atoms with Crippen LogP contribution < -0.4 is 9.47 Å². The highest BCUT2D eigenvalue weighted by atomic mass is 19.1. The molecule has 0 radical (unpaired) electrons. The van der Waals surface area contributed by atoms with Gasteiger partial charge in [0.25, 0.3) is 0 Å². The molecule has 1 aliphatic rings. The van der Waals surface area contributed by atoms with Crippen molar-refractivity contribution in [2.75, 3.05) is 26.3 Å². The number of benzene rings is 2. The van der Waals surface area contributed by atoms with E-state index < -0.39 is 0 Å². The fourth-order valence-electron chi connectivity index (χ4n) is 3.79. The first-order chi connectivity index (χ1) is 15.6. The molecule has 0 bridgehead atoms. The zero-order chi connectivity index (χ0) is 22.5. The summed E-state index contributed by atoms with van der Waals surface area (Å²) in [4.78, 5) is 18.8. The lowest BCUT2D eigenvalue weighted by molar-refractivity contribution is -0.127. The normalized spacial score (nSPS) is 15.9. The molecule has 0 saturated carbocycles. The van der Waals surface area contributed by atoms with E-state index in [1.54, 1.807) is 12.1 Å². The monoisotopic (exact) mass is 439 g/mol. The molecule has 1 aromatic heterocycles. The van der Waals surface area contributed by atoms with Gasteiger partial charge >= 0.3 is 0 Å². The molecular formula is C24H26FN3O4. The summed E-state index contributed by atoms with van der Waals surface area (Å²) >= 11 is 0. The van der Waals surface area contributed by atoms with Gasteiger partial charge in [0, 0.05) is 25.1 Å². The van der Waals surface area contributed by atoms with Gasteiger partial charge in [0.2, 0.25) is 17.6 Å². The Kier molecular flexibility index (Phi) is 6.68. The van der Waals surface area contributed by atoms with Crippen molar-refractivity contribution in [1.82, 2.24) is 15.0 Å². The zero-order valence-corrected chi connectivity index (χ0v) is 18.2. The van der Waals surface area contributed by atoms with Gasteiger partial charge < -0.3 is 18.9 Å². The van der Waals surface area contributed by atoms with Crippen molar-refractivity contribution in [3.63, 3.8) is 0 Å². The van der Waals surface area contributed by atoms with Gasteiger partial charge in [0.05, 0.1) is 19.1 Å². The number of aromatic nitrogens is 2. The lowest BCUT2D eigenvalue weighted by Crippen LogP contribution is -2.27. The third-order valence-electron chi connectivity index (χ3n) is 5.39. The number of rotatable bonds is 9. The van der Waals surface area contributed by atoms with E-state index in [0.717, 1.165) is 17.1 Å². The van der Waals surface area contributed by atoms with Crippen LogP contribution in [0, 0.1) is 5.82 Å². The minimum atomic E-state index is -0.324. The van der Waals surface area contributed by atoms with Crippen molar-refractivity contribution in [3.05, 3.63) is 59.7 Å². The summed E-state index contributed by atoms with van der Waals surface area (Å²) in [6.45, 7) is 6.12.